The van der Waals surface area contributed by atoms with Gasteiger partial charge < -0.3 is 9.45 Å². The number of fused-ring (bicyclic) bond motifs is 2. The molecule has 3 aliphatic rings. The summed E-state index contributed by atoms with van der Waals surface area (Å²) < 4.78 is 16.7. The first-order valence-electron chi connectivity index (χ1n) is 10.4. The molecule has 0 aromatic carbocycles. The Morgan fingerprint density at radius 2 is 2.10 bits per heavy atom. The number of rotatable bonds is 1. The molecular formula is C20H22IN7O2S. The summed E-state index contributed by atoms with van der Waals surface area (Å²) in [4.78, 5) is 26.9. The fourth-order valence-corrected chi connectivity index (χ4v) is 7.33. The zero-order chi connectivity index (χ0) is 21.5. The highest BCUT2D eigenvalue weighted by atomic mass is 127. The average Bonchev–Trinajstić information content (AvgIpc) is 3.26. The quantitative estimate of drug-likeness (QED) is 0.312. The van der Waals surface area contributed by atoms with Crippen molar-refractivity contribution in [2.75, 3.05) is 18.0 Å². The van der Waals surface area contributed by atoms with Crippen LogP contribution in [0, 0.1) is 9.12 Å². The van der Waals surface area contributed by atoms with Crippen molar-refractivity contribution in [3.63, 3.8) is 0 Å². The Kier molecular flexibility index (Phi) is 4.28. The number of H-pyrrole nitrogens is 2. The van der Waals surface area contributed by atoms with Crippen LogP contribution in [0.1, 0.15) is 49.6 Å². The predicted octanol–water partition coefficient (Wildman–Crippen LogP) is 2.03. The van der Waals surface area contributed by atoms with Crippen molar-refractivity contribution in [2.45, 2.75) is 43.9 Å². The van der Waals surface area contributed by atoms with Crippen LogP contribution in [-0.4, -0.2) is 42.8 Å². The zero-order valence-electron chi connectivity index (χ0n) is 17.2. The van der Waals surface area contributed by atoms with Crippen LogP contribution in [-0.2, 0) is 22.5 Å². The number of nitrogens with zero attached hydrogens (tertiary/aromatic N) is 4. The van der Waals surface area contributed by atoms with E-state index in [-0.39, 0.29) is 17.0 Å². The number of hydrogen-bond donors (Lipinski definition) is 3. The second-order valence-electron chi connectivity index (χ2n) is 9.20. The van der Waals surface area contributed by atoms with Crippen LogP contribution in [0.15, 0.2) is 17.1 Å². The summed E-state index contributed by atoms with van der Waals surface area (Å²) in [6.07, 6.45) is 4.55. The van der Waals surface area contributed by atoms with Gasteiger partial charge in [0.05, 0.1) is 6.04 Å². The van der Waals surface area contributed by atoms with Gasteiger partial charge >= 0.3 is 0 Å². The number of aromatic amines is 2. The van der Waals surface area contributed by atoms with Crippen LogP contribution in [0.25, 0.3) is 11.0 Å². The Balaban J connectivity index is 1.31. The highest BCUT2D eigenvalue weighted by Gasteiger charge is 2.57. The van der Waals surface area contributed by atoms with Gasteiger partial charge in [-0.25, -0.2) is 0 Å². The molecule has 162 valence electrons. The SMILES string of the molecule is CC1(C)c2ccnc3c2[C@@H](N[S@+]1[O-])C1(CCN(c2nc4[nH]nc(I)c4c(=O)[nH]2)CC1)C3. The highest BCUT2D eigenvalue weighted by molar-refractivity contribution is 14.1. The lowest BCUT2D eigenvalue weighted by Gasteiger charge is -2.46. The molecule has 1 fully saturated rings. The first kappa shape index (κ1) is 19.9. The molecule has 6 rings (SSSR count). The monoisotopic (exact) mass is 551 g/mol. The molecule has 0 unspecified atom stereocenters. The van der Waals surface area contributed by atoms with E-state index in [0.29, 0.717) is 20.7 Å². The van der Waals surface area contributed by atoms with Crippen LogP contribution in [0.3, 0.4) is 0 Å². The maximum Gasteiger partial charge on any atom is 0.264 e. The van der Waals surface area contributed by atoms with E-state index in [1.54, 1.807) is 0 Å². The van der Waals surface area contributed by atoms with Crippen LogP contribution >= 0.6 is 22.6 Å². The maximum atomic E-state index is 13.1. The summed E-state index contributed by atoms with van der Waals surface area (Å²) in [5.41, 5.74) is 3.85. The molecule has 5 heterocycles. The van der Waals surface area contributed by atoms with E-state index in [1.165, 1.54) is 5.56 Å². The third-order valence-electron chi connectivity index (χ3n) is 7.26. The van der Waals surface area contributed by atoms with Gasteiger partial charge in [0.15, 0.2) is 10.4 Å². The molecule has 2 aliphatic heterocycles. The van der Waals surface area contributed by atoms with Crippen LogP contribution in [0.4, 0.5) is 5.95 Å². The van der Waals surface area contributed by atoms with Crippen LogP contribution < -0.4 is 15.2 Å². The number of aromatic nitrogens is 5. The van der Waals surface area contributed by atoms with Gasteiger partial charge in [-0.05, 0) is 61.8 Å². The van der Waals surface area contributed by atoms with Gasteiger partial charge in [0, 0.05) is 52.9 Å². The number of hydrogen-bond acceptors (Lipinski definition) is 7. The lowest BCUT2D eigenvalue weighted by atomic mass is 9.72. The highest BCUT2D eigenvalue weighted by Crippen LogP contribution is 2.57. The zero-order valence-corrected chi connectivity index (χ0v) is 20.1. The van der Waals surface area contributed by atoms with E-state index < -0.39 is 16.1 Å². The number of anilines is 1. The minimum absolute atomic E-state index is 0.0259. The van der Waals surface area contributed by atoms with E-state index in [4.69, 9.17) is 4.98 Å². The van der Waals surface area contributed by atoms with E-state index in [9.17, 15) is 9.35 Å². The second-order valence-corrected chi connectivity index (χ2v) is 12.0. The van der Waals surface area contributed by atoms with E-state index >= 15 is 0 Å². The Morgan fingerprint density at radius 1 is 1.32 bits per heavy atom. The first-order valence-corrected chi connectivity index (χ1v) is 12.6. The predicted molar refractivity (Wildman–Crippen MR) is 126 cm³/mol. The summed E-state index contributed by atoms with van der Waals surface area (Å²) in [5, 5.41) is 7.44. The first-order chi connectivity index (χ1) is 14.8. The molecule has 11 heteroatoms. The number of halogens is 1. The molecule has 3 aromatic rings. The van der Waals surface area contributed by atoms with Gasteiger partial charge in [-0.1, -0.05) is 0 Å². The summed E-state index contributed by atoms with van der Waals surface area (Å²) in [6.45, 7) is 5.59. The van der Waals surface area contributed by atoms with Crippen molar-refractivity contribution in [1.82, 2.24) is 29.9 Å². The number of pyridine rings is 1. The van der Waals surface area contributed by atoms with E-state index in [0.717, 1.165) is 43.6 Å². The van der Waals surface area contributed by atoms with Gasteiger partial charge in [0.1, 0.15) is 9.09 Å². The van der Waals surface area contributed by atoms with Crippen molar-refractivity contribution in [2.24, 2.45) is 5.41 Å². The molecule has 1 spiro atoms. The molecule has 2 atom stereocenters. The Bertz CT molecular complexity index is 1260. The smallest absolute Gasteiger partial charge is 0.264 e. The van der Waals surface area contributed by atoms with Crippen molar-refractivity contribution in [3.05, 3.63) is 43.1 Å². The molecule has 0 radical (unpaired) electrons. The average molecular weight is 551 g/mol. The van der Waals surface area contributed by atoms with Crippen LogP contribution in [0.5, 0.6) is 0 Å². The Morgan fingerprint density at radius 3 is 2.87 bits per heavy atom. The second kappa shape index (κ2) is 6.65. The Labute approximate surface area is 195 Å². The molecule has 1 saturated heterocycles. The van der Waals surface area contributed by atoms with Crippen molar-refractivity contribution < 1.29 is 4.55 Å². The molecule has 3 N–H and O–H groups in total. The number of nitrogens with one attached hydrogen (secondary N) is 3. The van der Waals surface area contributed by atoms with Crippen molar-refractivity contribution in [1.29, 1.82) is 0 Å². The summed E-state index contributed by atoms with van der Waals surface area (Å²) in [6, 6.07) is 2.08. The standard InChI is InChI=1S/C20H22IN7O2S/c1-19(2)10-3-6-22-11-9-20(14(12(10)11)27-31(19)30)4-7-28(8-5-20)18-23-16-13(17(29)24-18)15(21)25-26-16/h3,6,14,27H,4-5,7-9H2,1-2H3,(H2,23,24,25,26,29)/t14-,31-/m1/s1. The molecule has 1 aliphatic carbocycles. The van der Waals surface area contributed by atoms with Gasteiger partial charge in [-0.2, -0.15) is 10.1 Å². The minimum atomic E-state index is -1.16. The third kappa shape index (κ3) is 2.75. The fourth-order valence-electron chi connectivity index (χ4n) is 5.46. The largest absolute Gasteiger partial charge is 0.597 e. The van der Waals surface area contributed by atoms with Crippen molar-refractivity contribution in [3.8, 4) is 0 Å². The third-order valence-corrected chi connectivity index (χ3v) is 9.64. The summed E-state index contributed by atoms with van der Waals surface area (Å²) >= 11 is 0.871. The number of piperidine rings is 1. The Hall–Kier alpha value is -1.70. The fraction of sp³-hybridized carbons (Fsp3) is 0.500. The van der Waals surface area contributed by atoms with E-state index in [2.05, 4.69) is 29.8 Å². The maximum absolute atomic E-state index is 13.1. The molecule has 0 bridgehead atoms. The summed E-state index contributed by atoms with van der Waals surface area (Å²) in [5.74, 6) is 0.572. The normalized spacial score (nSPS) is 25.9. The molecule has 31 heavy (non-hydrogen) atoms. The van der Waals surface area contributed by atoms with Gasteiger partial charge in [0.2, 0.25) is 5.95 Å². The van der Waals surface area contributed by atoms with E-state index in [1.807, 2.05) is 48.7 Å². The lowest BCUT2D eigenvalue weighted by molar-refractivity contribution is 0.172. The van der Waals surface area contributed by atoms with Crippen LogP contribution in [0.2, 0.25) is 0 Å². The molecule has 0 amide bonds. The van der Waals surface area contributed by atoms with Gasteiger partial charge in [-0.3, -0.25) is 19.9 Å². The summed E-state index contributed by atoms with van der Waals surface area (Å²) in [7, 11) is 0. The van der Waals surface area contributed by atoms with Crippen molar-refractivity contribution >= 4 is 50.9 Å². The topological polar surface area (TPSA) is 126 Å². The molecular weight excluding hydrogens is 529 g/mol. The minimum Gasteiger partial charge on any atom is -0.597 e. The van der Waals surface area contributed by atoms with Gasteiger partial charge in [0.25, 0.3) is 5.56 Å². The molecule has 3 aromatic heterocycles. The van der Waals surface area contributed by atoms with Gasteiger partial charge in [-0.15, -0.1) is 4.72 Å². The molecule has 0 saturated carbocycles. The lowest BCUT2D eigenvalue weighted by Crippen LogP contribution is -2.53. The molecule has 9 nitrogen and oxygen atoms in total.